The van der Waals surface area contributed by atoms with E-state index < -0.39 is 23.6 Å². The molecule has 0 radical (unpaired) electrons. The molecule has 0 saturated carbocycles. The van der Waals surface area contributed by atoms with E-state index in [2.05, 4.69) is 5.32 Å². The van der Waals surface area contributed by atoms with Crippen molar-refractivity contribution in [1.82, 2.24) is 0 Å². The van der Waals surface area contributed by atoms with Crippen molar-refractivity contribution in [2.24, 2.45) is 0 Å². The lowest BCUT2D eigenvalue weighted by Gasteiger charge is -2.41. The van der Waals surface area contributed by atoms with Gasteiger partial charge in [0.25, 0.3) is 0 Å². The van der Waals surface area contributed by atoms with Crippen molar-refractivity contribution in [3.63, 3.8) is 0 Å². The minimum atomic E-state index is -2.02. The standard InChI is InChI=1S/C21H23NO6/c1-4-26-19(23)21(20(24)27-5-2)18(14-10-12-15(25-3)13-11-14)22-16-8-6-7-9-17(16)28-21/h6-13,18,22H,4-5H2,1-3H3. The fraction of sp³-hybridized carbons (Fsp3) is 0.333. The average molecular weight is 385 g/mol. The van der Waals surface area contributed by atoms with Crippen molar-refractivity contribution in [2.75, 3.05) is 25.6 Å². The normalized spacial score (nSPS) is 16.8. The van der Waals surface area contributed by atoms with E-state index in [0.29, 0.717) is 22.7 Å². The topological polar surface area (TPSA) is 83.1 Å². The van der Waals surface area contributed by atoms with Crippen LogP contribution < -0.4 is 14.8 Å². The molecule has 28 heavy (non-hydrogen) atoms. The molecule has 1 N–H and O–H groups in total. The van der Waals surface area contributed by atoms with Gasteiger partial charge in [-0.15, -0.1) is 0 Å². The third kappa shape index (κ3) is 3.35. The fourth-order valence-corrected chi connectivity index (χ4v) is 3.16. The van der Waals surface area contributed by atoms with Gasteiger partial charge in [-0.2, -0.15) is 0 Å². The Morgan fingerprint density at radius 1 is 1.00 bits per heavy atom. The number of esters is 2. The Bertz CT molecular complexity index is 830. The van der Waals surface area contributed by atoms with E-state index in [1.165, 1.54) is 0 Å². The highest BCUT2D eigenvalue weighted by molar-refractivity contribution is 6.06. The van der Waals surface area contributed by atoms with Crippen LogP contribution in [0.2, 0.25) is 0 Å². The summed E-state index contributed by atoms with van der Waals surface area (Å²) < 4.78 is 21.7. The SMILES string of the molecule is CCOC(=O)C1(C(=O)OCC)Oc2ccccc2NC1c1ccc(OC)cc1. The molecule has 0 fully saturated rings. The molecule has 0 saturated heterocycles. The summed E-state index contributed by atoms with van der Waals surface area (Å²) in [6.07, 6.45) is 0. The zero-order chi connectivity index (χ0) is 20.1. The van der Waals surface area contributed by atoms with Gasteiger partial charge in [0.15, 0.2) is 0 Å². The molecule has 0 aliphatic carbocycles. The van der Waals surface area contributed by atoms with E-state index in [1.54, 1.807) is 57.4 Å². The number of hydrogen-bond acceptors (Lipinski definition) is 7. The van der Waals surface area contributed by atoms with Crippen molar-refractivity contribution >= 4 is 17.6 Å². The van der Waals surface area contributed by atoms with Crippen molar-refractivity contribution < 1.29 is 28.5 Å². The van der Waals surface area contributed by atoms with E-state index in [9.17, 15) is 9.59 Å². The largest absolute Gasteiger partial charge is 0.497 e. The van der Waals surface area contributed by atoms with Gasteiger partial charge in [0.1, 0.15) is 17.5 Å². The third-order valence-electron chi connectivity index (χ3n) is 4.47. The number of carbonyl (C=O) groups excluding carboxylic acids is 2. The Balaban J connectivity index is 2.17. The maximum Gasteiger partial charge on any atom is 0.365 e. The lowest BCUT2D eigenvalue weighted by atomic mass is 9.86. The molecule has 2 aromatic carbocycles. The summed E-state index contributed by atoms with van der Waals surface area (Å²) in [4.78, 5) is 26.1. The molecule has 1 aliphatic rings. The Hall–Kier alpha value is -3.22. The third-order valence-corrected chi connectivity index (χ3v) is 4.47. The molecule has 1 unspecified atom stereocenters. The molecule has 7 heteroatoms. The highest BCUT2D eigenvalue weighted by Gasteiger charge is 2.61. The van der Waals surface area contributed by atoms with Gasteiger partial charge in [0, 0.05) is 0 Å². The number of carbonyl (C=O) groups is 2. The molecule has 0 spiro atoms. The molecule has 3 rings (SSSR count). The maximum atomic E-state index is 13.0. The molecular formula is C21H23NO6. The molecule has 0 bridgehead atoms. The van der Waals surface area contributed by atoms with E-state index in [0.717, 1.165) is 0 Å². The Kier molecular flexibility index (Phi) is 5.73. The molecule has 1 atom stereocenters. The smallest absolute Gasteiger partial charge is 0.365 e. The Morgan fingerprint density at radius 3 is 2.18 bits per heavy atom. The first-order valence-electron chi connectivity index (χ1n) is 9.09. The summed E-state index contributed by atoms with van der Waals surface area (Å²) in [5.74, 6) is -0.598. The van der Waals surface area contributed by atoms with Crippen LogP contribution >= 0.6 is 0 Å². The van der Waals surface area contributed by atoms with Crippen molar-refractivity contribution in [3.05, 3.63) is 54.1 Å². The first kappa shape index (κ1) is 19.5. The summed E-state index contributed by atoms with van der Waals surface area (Å²) in [7, 11) is 1.56. The zero-order valence-corrected chi connectivity index (χ0v) is 16.1. The van der Waals surface area contributed by atoms with Crippen LogP contribution in [0.3, 0.4) is 0 Å². The lowest BCUT2D eigenvalue weighted by molar-refractivity contribution is -0.182. The number of nitrogens with one attached hydrogen (secondary N) is 1. The quantitative estimate of drug-likeness (QED) is 0.604. The second-order valence-electron chi connectivity index (χ2n) is 6.13. The van der Waals surface area contributed by atoms with Crippen LogP contribution in [-0.4, -0.2) is 37.9 Å². The molecule has 0 aromatic heterocycles. The minimum absolute atomic E-state index is 0.0975. The number of fused-ring (bicyclic) bond motifs is 1. The van der Waals surface area contributed by atoms with Gasteiger partial charge in [0.2, 0.25) is 0 Å². The summed E-state index contributed by atoms with van der Waals surface area (Å²) in [5.41, 5.74) is -0.710. The number of ether oxygens (including phenoxy) is 4. The van der Waals surface area contributed by atoms with Crippen LogP contribution in [0.1, 0.15) is 25.5 Å². The molecule has 1 aliphatic heterocycles. The van der Waals surface area contributed by atoms with Gasteiger partial charge in [-0.25, -0.2) is 9.59 Å². The monoisotopic (exact) mass is 385 g/mol. The van der Waals surface area contributed by atoms with Crippen molar-refractivity contribution in [1.29, 1.82) is 0 Å². The Labute approximate surface area is 163 Å². The predicted octanol–water partition coefficient (Wildman–Crippen LogP) is 3.11. The van der Waals surface area contributed by atoms with Gasteiger partial charge in [-0.05, 0) is 43.7 Å². The fourth-order valence-electron chi connectivity index (χ4n) is 3.16. The van der Waals surface area contributed by atoms with Gasteiger partial charge >= 0.3 is 17.5 Å². The summed E-state index contributed by atoms with van der Waals surface area (Å²) in [5, 5.41) is 3.25. The number of hydrogen-bond donors (Lipinski definition) is 1. The molecular weight excluding hydrogens is 362 g/mol. The van der Waals surface area contributed by atoms with Crippen LogP contribution in [-0.2, 0) is 19.1 Å². The second-order valence-corrected chi connectivity index (χ2v) is 6.13. The average Bonchev–Trinajstić information content (AvgIpc) is 2.73. The van der Waals surface area contributed by atoms with Gasteiger partial charge in [-0.1, -0.05) is 24.3 Å². The first-order valence-corrected chi connectivity index (χ1v) is 9.09. The van der Waals surface area contributed by atoms with Crippen LogP contribution in [0.4, 0.5) is 5.69 Å². The Morgan fingerprint density at radius 2 is 1.61 bits per heavy atom. The van der Waals surface area contributed by atoms with Gasteiger partial charge < -0.3 is 24.3 Å². The van der Waals surface area contributed by atoms with Crippen molar-refractivity contribution in [2.45, 2.75) is 25.5 Å². The molecule has 148 valence electrons. The second kappa shape index (κ2) is 8.21. The summed E-state index contributed by atoms with van der Waals surface area (Å²) >= 11 is 0. The number of para-hydroxylation sites is 2. The molecule has 0 amide bonds. The van der Waals surface area contributed by atoms with Gasteiger partial charge in [0.05, 0.1) is 26.0 Å². The molecule has 2 aromatic rings. The van der Waals surface area contributed by atoms with Crippen LogP contribution in [0.15, 0.2) is 48.5 Å². The van der Waals surface area contributed by atoms with Gasteiger partial charge in [-0.3, -0.25) is 0 Å². The molecule has 1 heterocycles. The first-order chi connectivity index (χ1) is 13.6. The van der Waals surface area contributed by atoms with Crippen LogP contribution in [0.5, 0.6) is 11.5 Å². The maximum absolute atomic E-state index is 13.0. The number of anilines is 1. The predicted molar refractivity (Wildman–Crippen MR) is 102 cm³/mol. The highest BCUT2D eigenvalue weighted by atomic mass is 16.6. The summed E-state index contributed by atoms with van der Waals surface area (Å²) in [6.45, 7) is 3.54. The van der Waals surface area contributed by atoms with Crippen molar-refractivity contribution in [3.8, 4) is 11.5 Å². The number of methoxy groups -OCH3 is 1. The molecule has 7 nitrogen and oxygen atoms in total. The van der Waals surface area contributed by atoms with E-state index >= 15 is 0 Å². The highest BCUT2D eigenvalue weighted by Crippen LogP contribution is 2.44. The van der Waals surface area contributed by atoms with E-state index in [1.807, 2.05) is 12.1 Å². The van der Waals surface area contributed by atoms with E-state index in [-0.39, 0.29) is 13.2 Å². The number of rotatable bonds is 6. The van der Waals surface area contributed by atoms with E-state index in [4.69, 9.17) is 18.9 Å². The lowest BCUT2D eigenvalue weighted by Crippen LogP contribution is -2.61. The van der Waals surface area contributed by atoms with Crippen LogP contribution in [0, 0.1) is 0 Å². The summed E-state index contributed by atoms with van der Waals surface area (Å²) in [6, 6.07) is 13.3. The number of benzene rings is 2. The van der Waals surface area contributed by atoms with Crippen LogP contribution in [0.25, 0.3) is 0 Å². The zero-order valence-electron chi connectivity index (χ0n) is 16.1. The minimum Gasteiger partial charge on any atom is -0.497 e.